The molecule has 5 nitrogen and oxygen atoms in total. The van der Waals surface area contributed by atoms with Crippen molar-refractivity contribution >= 4 is 12.8 Å². The van der Waals surface area contributed by atoms with Crippen LogP contribution >= 0.6 is 0 Å². The summed E-state index contributed by atoms with van der Waals surface area (Å²) in [6.07, 6.45) is 0. The molecule has 1 heterocycles. The minimum Gasteiger partial charge on any atom is -0.508 e. The zero-order valence-corrected chi connectivity index (χ0v) is 15.1. The minimum absolute atomic E-state index is 0.177. The summed E-state index contributed by atoms with van der Waals surface area (Å²) < 4.78 is 12.0. The zero-order valence-electron chi connectivity index (χ0n) is 15.1. The fourth-order valence-corrected chi connectivity index (χ4v) is 2.78. The van der Waals surface area contributed by atoms with Gasteiger partial charge in [0.15, 0.2) is 0 Å². The van der Waals surface area contributed by atoms with Gasteiger partial charge in [-0.25, -0.2) is 0 Å². The highest BCUT2D eigenvalue weighted by atomic mass is 16.7. The molecule has 3 N–H and O–H groups in total. The number of hydrogen-bond acceptors (Lipinski definition) is 5. The SMILES string of the molecule is CCN(CC)c1ccc([C@@H](N)B2OC(C)(C)C(C)(C)O2)c(O)c1. The summed E-state index contributed by atoms with van der Waals surface area (Å²) in [6.45, 7) is 13.9. The Hall–Kier alpha value is -1.24. The van der Waals surface area contributed by atoms with Crippen LogP contribution in [-0.2, 0) is 9.31 Å². The van der Waals surface area contributed by atoms with Gasteiger partial charge in [0.25, 0.3) is 0 Å². The van der Waals surface area contributed by atoms with Gasteiger partial charge in [-0.2, -0.15) is 0 Å². The minimum atomic E-state index is -0.579. The summed E-state index contributed by atoms with van der Waals surface area (Å²) >= 11 is 0. The summed E-state index contributed by atoms with van der Waals surface area (Å²) in [5, 5.41) is 10.4. The van der Waals surface area contributed by atoms with Gasteiger partial charge in [0.05, 0.1) is 17.1 Å². The van der Waals surface area contributed by atoms with Crippen LogP contribution in [0.3, 0.4) is 0 Å². The maximum Gasteiger partial charge on any atom is 0.480 e. The molecule has 1 aromatic carbocycles. The number of phenolic OH excluding ortho intramolecular Hbond substituents is 1. The lowest BCUT2D eigenvalue weighted by molar-refractivity contribution is 0.00578. The van der Waals surface area contributed by atoms with Crippen LogP contribution in [0.25, 0.3) is 0 Å². The molecule has 23 heavy (non-hydrogen) atoms. The van der Waals surface area contributed by atoms with Gasteiger partial charge in [-0.1, -0.05) is 6.07 Å². The zero-order chi connectivity index (χ0) is 17.4. The molecule has 1 saturated heterocycles. The predicted molar refractivity (Wildman–Crippen MR) is 94.7 cm³/mol. The highest BCUT2D eigenvalue weighted by molar-refractivity contribution is 6.47. The molecule has 0 aliphatic carbocycles. The average molecular weight is 320 g/mol. The summed E-state index contributed by atoms with van der Waals surface area (Å²) in [6, 6.07) is 5.60. The molecule has 1 aliphatic rings. The smallest absolute Gasteiger partial charge is 0.480 e. The molecule has 1 aliphatic heterocycles. The second-order valence-corrected chi connectivity index (χ2v) is 7.07. The monoisotopic (exact) mass is 320 g/mol. The number of benzene rings is 1. The number of rotatable bonds is 5. The number of hydrogen-bond donors (Lipinski definition) is 2. The van der Waals surface area contributed by atoms with Crippen molar-refractivity contribution in [1.29, 1.82) is 0 Å². The third-order valence-electron chi connectivity index (χ3n) is 5.07. The maximum atomic E-state index is 10.4. The Morgan fingerprint density at radius 2 is 1.65 bits per heavy atom. The summed E-state index contributed by atoms with van der Waals surface area (Å²) in [5.74, 6) is -0.363. The quantitative estimate of drug-likeness (QED) is 0.817. The van der Waals surface area contributed by atoms with Crippen LogP contribution < -0.4 is 10.6 Å². The van der Waals surface area contributed by atoms with Crippen LogP contribution in [0.15, 0.2) is 18.2 Å². The van der Waals surface area contributed by atoms with E-state index >= 15 is 0 Å². The van der Waals surface area contributed by atoms with Crippen LogP contribution in [0.4, 0.5) is 5.69 Å². The van der Waals surface area contributed by atoms with Gasteiger partial charge in [-0.15, -0.1) is 0 Å². The van der Waals surface area contributed by atoms with E-state index in [1.807, 2.05) is 39.8 Å². The first-order valence-corrected chi connectivity index (χ1v) is 8.32. The molecular formula is C17H29BN2O3. The van der Waals surface area contributed by atoms with Crippen LogP contribution in [0.1, 0.15) is 53.0 Å². The molecule has 2 rings (SSSR count). The van der Waals surface area contributed by atoms with Crippen molar-refractivity contribution in [3.8, 4) is 5.75 Å². The highest BCUT2D eigenvalue weighted by Gasteiger charge is 2.53. The Balaban J connectivity index is 2.23. The van der Waals surface area contributed by atoms with Crippen molar-refractivity contribution in [2.24, 2.45) is 5.73 Å². The van der Waals surface area contributed by atoms with E-state index < -0.39 is 24.3 Å². The summed E-state index contributed by atoms with van der Waals surface area (Å²) in [5.41, 5.74) is 7.06. The first-order valence-electron chi connectivity index (χ1n) is 8.32. The second-order valence-electron chi connectivity index (χ2n) is 7.07. The number of phenols is 1. The lowest BCUT2D eigenvalue weighted by Crippen LogP contribution is -2.41. The second kappa shape index (κ2) is 6.34. The first kappa shape index (κ1) is 18.1. The van der Waals surface area contributed by atoms with E-state index in [-0.39, 0.29) is 5.75 Å². The van der Waals surface area contributed by atoms with Gasteiger partial charge >= 0.3 is 7.12 Å². The summed E-state index contributed by atoms with van der Waals surface area (Å²) in [4.78, 5) is 2.17. The average Bonchev–Trinajstić information content (AvgIpc) is 2.68. The predicted octanol–water partition coefficient (Wildman–Crippen LogP) is 2.87. The van der Waals surface area contributed by atoms with Crippen molar-refractivity contribution < 1.29 is 14.4 Å². The highest BCUT2D eigenvalue weighted by Crippen LogP contribution is 2.41. The van der Waals surface area contributed by atoms with E-state index in [0.29, 0.717) is 5.56 Å². The molecule has 1 atom stereocenters. The molecule has 6 heteroatoms. The lowest BCUT2D eigenvalue weighted by atomic mass is 9.74. The molecule has 0 saturated carbocycles. The number of aromatic hydroxyl groups is 1. The van der Waals surface area contributed by atoms with E-state index in [0.717, 1.165) is 18.8 Å². The van der Waals surface area contributed by atoms with Crippen LogP contribution in [-0.4, -0.2) is 36.5 Å². The molecule has 0 aromatic heterocycles. The summed E-state index contributed by atoms with van der Waals surface area (Å²) in [7, 11) is -0.579. The van der Waals surface area contributed by atoms with Crippen molar-refractivity contribution in [2.45, 2.75) is 58.7 Å². The fraction of sp³-hybridized carbons (Fsp3) is 0.647. The lowest BCUT2D eigenvalue weighted by Gasteiger charge is -2.32. The van der Waals surface area contributed by atoms with Crippen LogP contribution in [0.2, 0.25) is 0 Å². The molecule has 128 valence electrons. The number of nitrogens with zero attached hydrogens (tertiary/aromatic N) is 1. The van der Waals surface area contributed by atoms with E-state index in [9.17, 15) is 5.11 Å². The standard InChI is InChI=1S/C17H29BN2O3/c1-7-20(8-2)12-9-10-13(14(21)11-12)15(19)18-22-16(3,4)17(5,6)23-18/h9-11,15,21H,7-8,19H2,1-6H3/t15-/m1/s1. The van der Waals surface area contributed by atoms with Crippen molar-refractivity contribution in [2.75, 3.05) is 18.0 Å². The van der Waals surface area contributed by atoms with Gasteiger partial charge in [0.1, 0.15) is 5.75 Å². The Kier molecular flexibility index (Phi) is 4.99. The van der Waals surface area contributed by atoms with E-state index in [1.165, 1.54) is 0 Å². The number of anilines is 1. The van der Waals surface area contributed by atoms with Gasteiger partial charge < -0.3 is 25.0 Å². The Morgan fingerprint density at radius 1 is 1.13 bits per heavy atom. The van der Waals surface area contributed by atoms with Gasteiger partial charge in [-0.05, 0) is 47.6 Å². The van der Waals surface area contributed by atoms with E-state index in [4.69, 9.17) is 15.0 Å². The number of nitrogens with two attached hydrogens (primary N) is 1. The van der Waals surface area contributed by atoms with Gasteiger partial charge in [0.2, 0.25) is 0 Å². The normalized spacial score (nSPS) is 20.6. The Morgan fingerprint density at radius 3 is 2.09 bits per heavy atom. The largest absolute Gasteiger partial charge is 0.508 e. The fourth-order valence-electron chi connectivity index (χ4n) is 2.78. The molecule has 0 radical (unpaired) electrons. The van der Waals surface area contributed by atoms with Crippen molar-refractivity contribution in [3.63, 3.8) is 0 Å². The molecule has 0 bridgehead atoms. The molecular weight excluding hydrogens is 291 g/mol. The molecule has 0 spiro atoms. The van der Waals surface area contributed by atoms with E-state index in [1.54, 1.807) is 6.07 Å². The topological polar surface area (TPSA) is 68.0 Å². The van der Waals surface area contributed by atoms with Gasteiger partial charge in [0, 0.05) is 30.4 Å². The van der Waals surface area contributed by atoms with Crippen LogP contribution in [0, 0.1) is 0 Å². The van der Waals surface area contributed by atoms with Crippen molar-refractivity contribution in [3.05, 3.63) is 23.8 Å². The third kappa shape index (κ3) is 3.34. The van der Waals surface area contributed by atoms with Crippen molar-refractivity contribution in [1.82, 2.24) is 0 Å². The molecule has 0 unspecified atom stereocenters. The Labute approximate surface area is 139 Å². The van der Waals surface area contributed by atoms with Crippen LogP contribution in [0.5, 0.6) is 5.75 Å². The molecule has 0 amide bonds. The molecule has 1 aromatic rings. The first-order chi connectivity index (χ1) is 10.6. The Bertz CT molecular complexity index is 543. The van der Waals surface area contributed by atoms with Gasteiger partial charge in [-0.3, -0.25) is 0 Å². The molecule has 1 fully saturated rings. The third-order valence-corrected chi connectivity index (χ3v) is 5.07. The van der Waals surface area contributed by atoms with E-state index in [2.05, 4.69) is 18.7 Å². The maximum absolute atomic E-state index is 10.4.